The summed E-state index contributed by atoms with van der Waals surface area (Å²) in [4.78, 5) is 27.6. The Balaban J connectivity index is 1.60. The van der Waals surface area contributed by atoms with Gasteiger partial charge in [0.15, 0.2) is 0 Å². The Morgan fingerprint density at radius 3 is 2.31 bits per heavy atom. The first-order chi connectivity index (χ1) is 14.2. The van der Waals surface area contributed by atoms with Gasteiger partial charge in [-0.2, -0.15) is 0 Å². The van der Waals surface area contributed by atoms with E-state index in [0.717, 1.165) is 36.9 Å². The molecule has 1 fully saturated rings. The molecule has 3 rings (SSSR count). The zero-order valence-electron chi connectivity index (χ0n) is 17.3. The van der Waals surface area contributed by atoms with Crippen molar-refractivity contribution in [2.24, 2.45) is 11.8 Å². The smallest absolute Gasteiger partial charge is 0.226 e. The molecule has 154 valence electrons. The van der Waals surface area contributed by atoms with E-state index in [0.29, 0.717) is 13.1 Å². The number of likely N-dealkylation sites (tertiary alicyclic amines) is 1. The van der Waals surface area contributed by atoms with Crippen molar-refractivity contribution >= 4 is 11.8 Å². The Labute approximate surface area is 174 Å². The van der Waals surface area contributed by atoms with Crippen molar-refractivity contribution in [2.45, 2.75) is 52.1 Å². The molecule has 1 aliphatic rings. The van der Waals surface area contributed by atoms with Gasteiger partial charge in [0.05, 0.1) is 5.92 Å². The molecule has 0 spiro atoms. The van der Waals surface area contributed by atoms with Gasteiger partial charge in [-0.3, -0.25) is 9.59 Å². The predicted octanol–water partition coefficient (Wildman–Crippen LogP) is 4.55. The van der Waals surface area contributed by atoms with Crippen LogP contribution in [-0.2, 0) is 22.7 Å². The summed E-state index contributed by atoms with van der Waals surface area (Å²) in [6.07, 6.45) is 4.76. The highest BCUT2D eigenvalue weighted by Gasteiger charge is 2.40. The highest BCUT2D eigenvalue weighted by Crippen LogP contribution is 2.32. The van der Waals surface area contributed by atoms with E-state index in [4.69, 9.17) is 0 Å². The molecule has 2 amide bonds. The molecule has 0 unspecified atom stereocenters. The third-order valence-electron chi connectivity index (χ3n) is 5.79. The van der Waals surface area contributed by atoms with E-state index in [1.165, 1.54) is 6.42 Å². The van der Waals surface area contributed by atoms with Crippen LogP contribution >= 0.6 is 0 Å². The molecule has 4 heteroatoms. The maximum absolute atomic E-state index is 13.1. The van der Waals surface area contributed by atoms with Crippen LogP contribution < -0.4 is 5.32 Å². The van der Waals surface area contributed by atoms with Crippen LogP contribution in [0.3, 0.4) is 0 Å². The van der Waals surface area contributed by atoms with E-state index in [1.54, 1.807) is 0 Å². The first-order valence-electron chi connectivity index (χ1n) is 10.8. The van der Waals surface area contributed by atoms with Crippen LogP contribution in [0.25, 0.3) is 0 Å². The van der Waals surface area contributed by atoms with Gasteiger partial charge < -0.3 is 10.2 Å². The number of unbranched alkanes of at least 4 members (excludes halogenated alkanes) is 2. The second-order valence-electron chi connectivity index (χ2n) is 8.03. The van der Waals surface area contributed by atoms with Gasteiger partial charge in [0.2, 0.25) is 11.8 Å². The van der Waals surface area contributed by atoms with Crippen LogP contribution in [-0.4, -0.2) is 23.3 Å². The zero-order valence-corrected chi connectivity index (χ0v) is 17.3. The molecule has 0 radical (unpaired) electrons. The monoisotopic (exact) mass is 392 g/mol. The first-order valence-corrected chi connectivity index (χ1v) is 10.8. The Morgan fingerprint density at radius 2 is 1.66 bits per heavy atom. The minimum Gasteiger partial charge on any atom is -0.352 e. The number of carbonyl (C=O) groups is 2. The number of benzene rings is 2. The summed E-state index contributed by atoms with van der Waals surface area (Å²) < 4.78 is 0. The van der Waals surface area contributed by atoms with Crippen molar-refractivity contribution in [3.8, 4) is 0 Å². The molecule has 0 bridgehead atoms. The maximum Gasteiger partial charge on any atom is 0.226 e. The summed E-state index contributed by atoms with van der Waals surface area (Å²) in [6.45, 7) is 4.09. The molecular formula is C25H32N2O2. The summed E-state index contributed by atoms with van der Waals surface area (Å²) in [7, 11) is 0. The van der Waals surface area contributed by atoms with Gasteiger partial charge in [-0.25, -0.2) is 0 Å². The lowest BCUT2D eigenvalue weighted by Crippen LogP contribution is -2.31. The number of nitrogens with one attached hydrogen (secondary N) is 1. The molecule has 0 saturated carbocycles. The summed E-state index contributed by atoms with van der Waals surface area (Å²) in [5.41, 5.74) is 2.21. The largest absolute Gasteiger partial charge is 0.352 e. The molecule has 1 heterocycles. The second kappa shape index (κ2) is 10.8. The van der Waals surface area contributed by atoms with Gasteiger partial charge in [-0.15, -0.1) is 0 Å². The minimum absolute atomic E-state index is 0.0331. The van der Waals surface area contributed by atoms with Gasteiger partial charge in [-0.05, 0) is 23.5 Å². The van der Waals surface area contributed by atoms with Crippen molar-refractivity contribution in [1.82, 2.24) is 10.2 Å². The number of hydrogen-bond acceptors (Lipinski definition) is 2. The summed E-state index contributed by atoms with van der Waals surface area (Å²) >= 11 is 0. The average Bonchev–Trinajstić information content (AvgIpc) is 3.03. The van der Waals surface area contributed by atoms with Gasteiger partial charge in [0, 0.05) is 26.1 Å². The zero-order chi connectivity index (χ0) is 20.5. The van der Waals surface area contributed by atoms with Crippen LogP contribution in [0.1, 0.15) is 50.2 Å². The normalized spacial score (nSPS) is 18.8. The number of nitrogens with zero attached hydrogens (tertiary/aromatic N) is 1. The minimum atomic E-state index is -0.202. The maximum atomic E-state index is 13.1. The van der Waals surface area contributed by atoms with Crippen molar-refractivity contribution in [1.29, 1.82) is 0 Å². The van der Waals surface area contributed by atoms with Crippen molar-refractivity contribution in [3.63, 3.8) is 0 Å². The second-order valence-corrected chi connectivity index (χ2v) is 8.03. The van der Waals surface area contributed by atoms with E-state index in [2.05, 4.69) is 24.4 Å². The third kappa shape index (κ3) is 6.18. The lowest BCUT2D eigenvalue weighted by Gasteiger charge is -2.16. The standard InChI is InChI=1S/C25H32N2O2/c1-2-3-6-15-22-19-27(18-21-13-9-5-10-14-21)25(29)23(22)16-24(28)26-17-20-11-7-4-8-12-20/h4-5,7-14,22-23H,2-3,6,15-19H2,1H3,(H,26,28)/t22-,23+/m0/s1. The lowest BCUT2D eigenvalue weighted by molar-refractivity contribution is -0.134. The average molecular weight is 393 g/mol. The Hall–Kier alpha value is -2.62. The highest BCUT2D eigenvalue weighted by molar-refractivity contribution is 5.87. The number of hydrogen-bond donors (Lipinski definition) is 1. The fraction of sp³-hybridized carbons (Fsp3) is 0.440. The molecular weight excluding hydrogens is 360 g/mol. The Morgan fingerprint density at radius 1 is 1.00 bits per heavy atom. The summed E-state index contributed by atoms with van der Waals surface area (Å²) in [5.74, 6) is 0.158. The van der Waals surface area contributed by atoms with E-state index >= 15 is 0 Å². The van der Waals surface area contributed by atoms with Crippen LogP contribution in [0, 0.1) is 11.8 Å². The van der Waals surface area contributed by atoms with Crippen molar-refractivity contribution < 1.29 is 9.59 Å². The summed E-state index contributed by atoms with van der Waals surface area (Å²) in [6, 6.07) is 20.0. The Bertz CT molecular complexity index is 776. The lowest BCUT2D eigenvalue weighted by atomic mass is 9.87. The van der Waals surface area contributed by atoms with E-state index in [1.807, 2.05) is 53.4 Å². The molecule has 1 aliphatic heterocycles. The molecule has 0 aromatic heterocycles. The van der Waals surface area contributed by atoms with Crippen molar-refractivity contribution in [2.75, 3.05) is 6.54 Å². The molecule has 0 aliphatic carbocycles. The SMILES string of the molecule is CCCCC[C@H]1CN(Cc2ccccc2)C(=O)[C@@H]1CC(=O)NCc1ccccc1. The van der Waals surface area contributed by atoms with Gasteiger partial charge in [0.25, 0.3) is 0 Å². The molecule has 2 aromatic carbocycles. The number of rotatable bonds is 10. The molecule has 1 saturated heterocycles. The van der Waals surface area contributed by atoms with Gasteiger partial charge in [0.1, 0.15) is 0 Å². The van der Waals surface area contributed by atoms with Crippen LogP contribution in [0.15, 0.2) is 60.7 Å². The number of carbonyl (C=O) groups excluding carboxylic acids is 2. The highest BCUT2D eigenvalue weighted by atomic mass is 16.2. The molecule has 2 aromatic rings. The quantitative estimate of drug-likeness (QED) is 0.603. The summed E-state index contributed by atoms with van der Waals surface area (Å²) in [5, 5.41) is 2.99. The van der Waals surface area contributed by atoms with Crippen LogP contribution in [0.5, 0.6) is 0 Å². The van der Waals surface area contributed by atoms with Crippen molar-refractivity contribution in [3.05, 3.63) is 71.8 Å². The van der Waals surface area contributed by atoms with Crippen LogP contribution in [0.2, 0.25) is 0 Å². The van der Waals surface area contributed by atoms with Gasteiger partial charge in [-0.1, -0.05) is 86.8 Å². The molecule has 4 nitrogen and oxygen atoms in total. The molecule has 29 heavy (non-hydrogen) atoms. The third-order valence-corrected chi connectivity index (χ3v) is 5.79. The molecule has 1 N–H and O–H groups in total. The van der Waals surface area contributed by atoms with E-state index in [-0.39, 0.29) is 30.1 Å². The predicted molar refractivity (Wildman–Crippen MR) is 116 cm³/mol. The number of amides is 2. The van der Waals surface area contributed by atoms with Gasteiger partial charge >= 0.3 is 0 Å². The first kappa shape index (κ1) is 21.1. The van der Waals surface area contributed by atoms with E-state index < -0.39 is 0 Å². The van der Waals surface area contributed by atoms with E-state index in [9.17, 15) is 9.59 Å². The topological polar surface area (TPSA) is 49.4 Å². The molecule has 2 atom stereocenters. The van der Waals surface area contributed by atoms with Crippen LogP contribution in [0.4, 0.5) is 0 Å². The Kier molecular flexibility index (Phi) is 7.85. The fourth-order valence-corrected chi connectivity index (χ4v) is 4.15. The fourth-order valence-electron chi connectivity index (χ4n) is 4.15.